The number of ether oxygens (including phenoxy) is 1. The molecule has 5 nitrogen and oxygen atoms in total. The van der Waals surface area contributed by atoms with E-state index in [1.807, 2.05) is 0 Å². The number of rotatable bonds is 3. The van der Waals surface area contributed by atoms with E-state index in [1.165, 1.54) is 6.20 Å². The number of alkyl halides is 3. The highest BCUT2D eigenvalue weighted by Crippen LogP contribution is 2.35. The van der Waals surface area contributed by atoms with Gasteiger partial charge in [0, 0.05) is 29.6 Å². The molecule has 0 saturated heterocycles. The van der Waals surface area contributed by atoms with Crippen LogP contribution in [-0.4, -0.2) is 18.6 Å². The second-order valence-corrected chi connectivity index (χ2v) is 3.28. The quantitative estimate of drug-likeness (QED) is 0.278. The summed E-state index contributed by atoms with van der Waals surface area (Å²) in [6.45, 7) is 0.166. The molecule has 0 N–H and O–H groups in total. The van der Waals surface area contributed by atoms with Crippen molar-refractivity contribution in [3.63, 3.8) is 0 Å². The Labute approximate surface area is 107 Å². The van der Waals surface area contributed by atoms with E-state index in [-0.39, 0.29) is 18.5 Å². The van der Waals surface area contributed by atoms with Crippen LogP contribution in [0.2, 0.25) is 0 Å². The Morgan fingerprint density at radius 2 is 2.26 bits per heavy atom. The van der Waals surface area contributed by atoms with Gasteiger partial charge in [0.05, 0.1) is 7.11 Å². The standard InChI is InChI=1S/C11H9F3N4O/c1-19-10-9(11(12,13)14)6-8(7-16-10)4-2-3-5-17-18-15/h6-7H,3,5H2,1H3. The average molecular weight is 270 g/mol. The lowest BCUT2D eigenvalue weighted by molar-refractivity contribution is -0.139. The van der Waals surface area contributed by atoms with Crippen LogP contribution in [0.1, 0.15) is 17.5 Å². The van der Waals surface area contributed by atoms with Crippen LogP contribution in [0.5, 0.6) is 5.88 Å². The molecule has 0 atom stereocenters. The minimum absolute atomic E-state index is 0.120. The first kappa shape index (κ1) is 14.7. The van der Waals surface area contributed by atoms with Gasteiger partial charge in [0.25, 0.3) is 0 Å². The summed E-state index contributed by atoms with van der Waals surface area (Å²) in [5, 5.41) is 3.25. The Morgan fingerprint density at radius 3 is 2.84 bits per heavy atom. The van der Waals surface area contributed by atoms with E-state index >= 15 is 0 Å². The molecule has 19 heavy (non-hydrogen) atoms. The number of nitrogens with zero attached hydrogens (tertiary/aromatic N) is 4. The lowest BCUT2D eigenvalue weighted by atomic mass is 10.2. The van der Waals surface area contributed by atoms with Crippen LogP contribution in [0.4, 0.5) is 13.2 Å². The van der Waals surface area contributed by atoms with Crippen LogP contribution in [0.15, 0.2) is 17.4 Å². The molecule has 0 aromatic carbocycles. The van der Waals surface area contributed by atoms with Crippen molar-refractivity contribution in [3.8, 4) is 17.7 Å². The van der Waals surface area contributed by atoms with Gasteiger partial charge in [0.2, 0.25) is 5.88 Å². The molecule has 0 unspecified atom stereocenters. The summed E-state index contributed by atoms with van der Waals surface area (Å²) < 4.78 is 42.6. The smallest absolute Gasteiger partial charge is 0.421 e. The summed E-state index contributed by atoms with van der Waals surface area (Å²) >= 11 is 0. The first-order valence-electron chi connectivity index (χ1n) is 5.10. The number of methoxy groups -OCH3 is 1. The molecule has 8 heteroatoms. The Kier molecular flexibility index (Phi) is 5.03. The van der Waals surface area contributed by atoms with Crippen molar-refractivity contribution in [1.82, 2.24) is 4.98 Å². The highest BCUT2D eigenvalue weighted by molar-refractivity contribution is 5.40. The number of aromatic nitrogens is 1. The molecule has 0 saturated carbocycles. The van der Waals surface area contributed by atoms with Crippen molar-refractivity contribution in [1.29, 1.82) is 0 Å². The van der Waals surface area contributed by atoms with Crippen molar-refractivity contribution in [2.75, 3.05) is 13.7 Å². The number of azide groups is 1. The van der Waals surface area contributed by atoms with E-state index in [0.29, 0.717) is 0 Å². The van der Waals surface area contributed by atoms with Crippen LogP contribution in [0, 0.1) is 11.8 Å². The number of pyridine rings is 1. The monoisotopic (exact) mass is 270 g/mol. The largest absolute Gasteiger partial charge is 0.481 e. The highest BCUT2D eigenvalue weighted by atomic mass is 19.4. The molecule has 1 rings (SSSR count). The van der Waals surface area contributed by atoms with Gasteiger partial charge in [0.15, 0.2) is 0 Å². The average Bonchev–Trinajstić information content (AvgIpc) is 2.37. The second kappa shape index (κ2) is 6.52. The molecule has 1 heterocycles. The fourth-order valence-corrected chi connectivity index (χ4v) is 1.20. The van der Waals surface area contributed by atoms with E-state index < -0.39 is 17.6 Å². The molecule has 0 amide bonds. The molecule has 1 aromatic heterocycles. The number of hydrogen-bond donors (Lipinski definition) is 0. The van der Waals surface area contributed by atoms with E-state index in [1.54, 1.807) is 0 Å². The van der Waals surface area contributed by atoms with Gasteiger partial charge in [-0.2, -0.15) is 13.2 Å². The molecular formula is C11H9F3N4O. The Hall–Kier alpha value is -2.39. The maximum Gasteiger partial charge on any atom is 0.421 e. The van der Waals surface area contributed by atoms with Gasteiger partial charge in [0.1, 0.15) is 5.56 Å². The minimum atomic E-state index is -4.55. The van der Waals surface area contributed by atoms with Crippen molar-refractivity contribution >= 4 is 0 Å². The van der Waals surface area contributed by atoms with Gasteiger partial charge in [-0.3, -0.25) is 0 Å². The molecule has 0 fully saturated rings. The first-order chi connectivity index (χ1) is 8.99. The fraction of sp³-hybridized carbons (Fsp3) is 0.364. The molecule has 0 aliphatic rings. The fourth-order valence-electron chi connectivity index (χ4n) is 1.20. The van der Waals surface area contributed by atoms with Gasteiger partial charge in [-0.05, 0) is 11.6 Å². The summed E-state index contributed by atoms with van der Waals surface area (Å²) in [5.41, 5.74) is 7.17. The lowest BCUT2D eigenvalue weighted by Gasteiger charge is -2.10. The minimum Gasteiger partial charge on any atom is -0.481 e. The van der Waals surface area contributed by atoms with Gasteiger partial charge in [-0.25, -0.2) is 4.98 Å². The third-order valence-electron chi connectivity index (χ3n) is 1.98. The maximum atomic E-state index is 12.7. The van der Waals surface area contributed by atoms with E-state index in [2.05, 4.69) is 31.6 Å². The number of halogens is 3. The molecular weight excluding hydrogens is 261 g/mol. The van der Waals surface area contributed by atoms with Gasteiger partial charge >= 0.3 is 6.18 Å². The normalized spacial score (nSPS) is 10.1. The predicted molar refractivity (Wildman–Crippen MR) is 61.3 cm³/mol. The third kappa shape index (κ3) is 4.41. The molecule has 100 valence electrons. The molecule has 0 aliphatic carbocycles. The molecule has 0 aliphatic heterocycles. The number of hydrogen-bond acceptors (Lipinski definition) is 3. The Morgan fingerprint density at radius 1 is 1.53 bits per heavy atom. The van der Waals surface area contributed by atoms with Gasteiger partial charge in [-0.1, -0.05) is 17.0 Å². The Balaban J connectivity index is 2.95. The SMILES string of the molecule is COc1ncc(C#CCCN=[N+]=[N-])cc1C(F)(F)F. The van der Waals surface area contributed by atoms with Crippen molar-refractivity contribution in [2.24, 2.45) is 5.11 Å². The van der Waals surface area contributed by atoms with Crippen LogP contribution < -0.4 is 4.74 Å². The van der Waals surface area contributed by atoms with E-state index in [4.69, 9.17) is 5.53 Å². The van der Waals surface area contributed by atoms with Gasteiger partial charge in [-0.15, -0.1) is 0 Å². The van der Waals surface area contributed by atoms with Crippen LogP contribution in [0.3, 0.4) is 0 Å². The summed E-state index contributed by atoms with van der Waals surface area (Å²) in [7, 11) is 1.11. The van der Waals surface area contributed by atoms with Gasteiger partial charge < -0.3 is 4.74 Å². The van der Waals surface area contributed by atoms with Crippen LogP contribution >= 0.6 is 0 Å². The van der Waals surface area contributed by atoms with Crippen molar-refractivity contribution in [2.45, 2.75) is 12.6 Å². The zero-order valence-corrected chi connectivity index (χ0v) is 9.90. The lowest BCUT2D eigenvalue weighted by Crippen LogP contribution is -2.09. The molecule has 0 radical (unpaired) electrons. The summed E-state index contributed by atoms with van der Waals surface area (Å²) in [6, 6.07) is 0.867. The van der Waals surface area contributed by atoms with Crippen LogP contribution in [0.25, 0.3) is 10.4 Å². The Bertz CT molecular complexity index is 553. The summed E-state index contributed by atoms with van der Waals surface area (Å²) in [4.78, 5) is 6.08. The maximum absolute atomic E-state index is 12.7. The zero-order valence-electron chi connectivity index (χ0n) is 9.90. The zero-order chi connectivity index (χ0) is 14.3. The summed E-state index contributed by atoms with van der Waals surface area (Å²) in [6.07, 6.45) is -3.10. The molecule has 0 spiro atoms. The van der Waals surface area contributed by atoms with Crippen LogP contribution in [-0.2, 0) is 6.18 Å². The summed E-state index contributed by atoms with van der Waals surface area (Å²) in [5.74, 6) is 4.61. The highest BCUT2D eigenvalue weighted by Gasteiger charge is 2.35. The molecule has 1 aromatic rings. The van der Waals surface area contributed by atoms with Crippen molar-refractivity contribution < 1.29 is 17.9 Å². The second-order valence-electron chi connectivity index (χ2n) is 3.28. The van der Waals surface area contributed by atoms with Crippen molar-refractivity contribution in [3.05, 3.63) is 33.8 Å². The van der Waals surface area contributed by atoms with E-state index in [0.717, 1.165) is 13.2 Å². The third-order valence-corrected chi connectivity index (χ3v) is 1.98. The topological polar surface area (TPSA) is 70.9 Å². The predicted octanol–water partition coefficient (Wildman–Crippen LogP) is 3.16. The first-order valence-corrected chi connectivity index (χ1v) is 5.10. The molecule has 0 bridgehead atoms. The van der Waals surface area contributed by atoms with E-state index in [9.17, 15) is 13.2 Å².